The fourth-order valence-electron chi connectivity index (χ4n) is 1.30. The molecule has 1 aromatic rings. The molecule has 8 heteroatoms. The number of methoxy groups -OCH3 is 1. The Hall–Kier alpha value is -0.700. The average Bonchev–Trinajstić information content (AvgIpc) is 2.21. The summed E-state index contributed by atoms with van der Waals surface area (Å²) >= 11 is 3.10. The lowest BCUT2D eigenvalue weighted by atomic mass is 10.3. The molecule has 18 heavy (non-hydrogen) atoms. The fraction of sp³-hybridized carbons (Fsp3) is 0.400. The van der Waals surface area contributed by atoms with E-state index < -0.39 is 20.7 Å². The van der Waals surface area contributed by atoms with Crippen molar-refractivity contribution in [3.8, 4) is 5.75 Å². The Morgan fingerprint density at radius 3 is 2.61 bits per heavy atom. The zero-order valence-electron chi connectivity index (χ0n) is 9.81. The molecule has 0 fully saturated rings. The van der Waals surface area contributed by atoms with Gasteiger partial charge in [0.2, 0.25) is 10.0 Å². The summed E-state index contributed by atoms with van der Waals surface area (Å²) in [7, 11) is -2.58. The molecule has 0 saturated carbocycles. The number of ether oxygens (including phenoxy) is 2. The Morgan fingerprint density at radius 2 is 2.11 bits per heavy atom. The van der Waals surface area contributed by atoms with E-state index in [2.05, 4.69) is 15.9 Å². The summed E-state index contributed by atoms with van der Waals surface area (Å²) in [6.45, 7) is 2.06. The quantitative estimate of drug-likeness (QED) is 0.883. The van der Waals surface area contributed by atoms with Gasteiger partial charge in [0.25, 0.3) is 0 Å². The van der Waals surface area contributed by atoms with Crippen molar-refractivity contribution in [1.29, 1.82) is 0 Å². The molecule has 0 spiro atoms. The smallest absolute Gasteiger partial charge is 0.241 e. The molecule has 5 nitrogen and oxygen atoms in total. The summed E-state index contributed by atoms with van der Waals surface area (Å²) in [5.41, 5.74) is 0. The summed E-state index contributed by atoms with van der Waals surface area (Å²) in [5, 5.41) is 4.88. The van der Waals surface area contributed by atoms with Gasteiger partial charge in [-0.05, 0) is 28.9 Å². The van der Waals surface area contributed by atoms with Crippen molar-refractivity contribution < 1.29 is 22.3 Å². The second kappa shape index (κ2) is 5.96. The molecule has 1 unspecified atom stereocenters. The maximum absolute atomic E-state index is 13.6. The van der Waals surface area contributed by atoms with Crippen LogP contribution in [-0.4, -0.2) is 28.2 Å². The van der Waals surface area contributed by atoms with Gasteiger partial charge in [0.1, 0.15) is 22.6 Å². The molecule has 0 amide bonds. The first-order valence-electron chi connectivity index (χ1n) is 4.93. The molecule has 102 valence electrons. The molecule has 0 aliphatic rings. The zero-order valence-corrected chi connectivity index (χ0v) is 12.2. The first-order valence-corrected chi connectivity index (χ1v) is 7.27. The lowest BCUT2D eigenvalue weighted by Crippen LogP contribution is -2.19. The van der Waals surface area contributed by atoms with E-state index in [9.17, 15) is 12.8 Å². The number of primary sulfonamides is 1. The molecule has 0 aliphatic carbocycles. The Bertz CT molecular complexity index is 535. The highest BCUT2D eigenvalue weighted by molar-refractivity contribution is 9.10. The van der Waals surface area contributed by atoms with E-state index in [4.69, 9.17) is 14.6 Å². The van der Waals surface area contributed by atoms with Crippen LogP contribution in [0.15, 0.2) is 21.5 Å². The van der Waals surface area contributed by atoms with Gasteiger partial charge in [0.15, 0.2) is 0 Å². The molecule has 0 aromatic heterocycles. The minimum Gasteiger partial charge on any atom is -0.487 e. The number of hydrogen-bond acceptors (Lipinski definition) is 4. The predicted octanol–water partition coefficient (Wildman–Crippen LogP) is 1.65. The first kappa shape index (κ1) is 15.4. The van der Waals surface area contributed by atoms with Gasteiger partial charge in [-0.2, -0.15) is 0 Å². The third-order valence-corrected chi connectivity index (χ3v) is 3.57. The number of nitrogens with two attached hydrogens (primary N) is 1. The van der Waals surface area contributed by atoms with Gasteiger partial charge < -0.3 is 9.47 Å². The minimum absolute atomic E-state index is 0.185. The van der Waals surface area contributed by atoms with E-state index in [1.807, 2.05) is 0 Å². The van der Waals surface area contributed by atoms with Crippen LogP contribution in [0.2, 0.25) is 0 Å². The van der Waals surface area contributed by atoms with Gasteiger partial charge in [-0.3, -0.25) is 0 Å². The van der Waals surface area contributed by atoms with Crippen LogP contribution in [0.4, 0.5) is 4.39 Å². The van der Waals surface area contributed by atoms with Crippen LogP contribution in [0.5, 0.6) is 5.75 Å². The third-order valence-electron chi connectivity index (χ3n) is 2.02. The van der Waals surface area contributed by atoms with Crippen molar-refractivity contribution in [2.45, 2.75) is 17.9 Å². The van der Waals surface area contributed by atoms with E-state index in [1.165, 1.54) is 7.11 Å². The summed E-state index contributed by atoms with van der Waals surface area (Å²) in [4.78, 5) is -0.582. The maximum Gasteiger partial charge on any atom is 0.241 e. The monoisotopic (exact) mass is 341 g/mol. The van der Waals surface area contributed by atoms with Crippen LogP contribution >= 0.6 is 15.9 Å². The Morgan fingerprint density at radius 1 is 1.50 bits per heavy atom. The highest BCUT2D eigenvalue weighted by atomic mass is 79.9. The topological polar surface area (TPSA) is 78.6 Å². The molecule has 1 atom stereocenters. The van der Waals surface area contributed by atoms with Gasteiger partial charge in [-0.15, -0.1) is 0 Å². The number of hydrogen-bond donors (Lipinski definition) is 1. The number of sulfonamides is 1. The van der Waals surface area contributed by atoms with Crippen LogP contribution in [0.3, 0.4) is 0 Å². The van der Waals surface area contributed by atoms with Gasteiger partial charge in [-0.25, -0.2) is 17.9 Å². The van der Waals surface area contributed by atoms with E-state index >= 15 is 0 Å². The van der Waals surface area contributed by atoms with E-state index in [0.29, 0.717) is 11.1 Å². The molecule has 0 heterocycles. The molecular weight excluding hydrogens is 329 g/mol. The van der Waals surface area contributed by atoms with Crippen molar-refractivity contribution in [2.24, 2.45) is 5.14 Å². The Kier molecular flexibility index (Phi) is 5.09. The second-order valence-electron chi connectivity index (χ2n) is 3.64. The normalized spacial score (nSPS) is 13.4. The number of benzene rings is 1. The van der Waals surface area contributed by atoms with Gasteiger partial charge in [-0.1, -0.05) is 0 Å². The Labute approximate surface area is 113 Å². The lowest BCUT2D eigenvalue weighted by Gasteiger charge is -2.15. The van der Waals surface area contributed by atoms with Gasteiger partial charge in [0, 0.05) is 13.2 Å². The summed E-state index contributed by atoms with van der Waals surface area (Å²) < 4.78 is 46.3. The third kappa shape index (κ3) is 3.91. The van der Waals surface area contributed by atoms with Gasteiger partial charge >= 0.3 is 0 Å². The lowest BCUT2D eigenvalue weighted by molar-refractivity contribution is 0.0913. The Balaban J connectivity index is 3.08. The van der Waals surface area contributed by atoms with Crippen molar-refractivity contribution in [1.82, 2.24) is 0 Å². The van der Waals surface area contributed by atoms with E-state index in [1.54, 1.807) is 6.92 Å². The van der Waals surface area contributed by atoms with E-state index in [0.717, 1.165) is 12.1 Å². The van der Waals surface area contributed by atoms with Crippen LogP contribution in [-0.2, 0) is 14.8 Å². The summed E-state index contributed by atoms with van der Waals surface area (Å²) in [6, 6.07) is 2.04. The van der Waals surface area contributed by atoms with Crippen LogP contribution < -0.4 is 9.88 Å². The van der Waals surface area contributed by atoms with Crippen molar-refractivity contribution in [3.63, 3.8) is 0 Å². The second-order valence-corrected chi connectivity index (χ2v) is 6.03. The molecule has 2 N–H and O–H groups in total. The molecule has 1 aromatic carbocycles. The predicted molar refractivity (Wildman–Crippen MR) is 67.4 cm³/mol. The molecule has 0 bridgehead atoms. The average molecular weight is 342 g/mol. The largest absolute Gasteiger partial charge is 0.487 e. The molecule has 0 aliphatic heterocycles. The highest BCUT2D eigenvalue weighted by Gasteiger charge is 2.18. The summed E-state index contributed by atoms with van der Waals surface area (Å²) in [6.07, 6.45) is -0.300. The zero-order chi connectivity index (χ0) is 13.9. The minimum atomic E-state index is -4.10. The van der Waals surface area contributed by atoms with Crippen LogP contribution in [0, 0.1) is 5.82 Å². The maximum atomic E-state index is 13.6. The van der Waals surface area contributed by atoms with Crippen LogP contribution in [0.25, 0.3) is 0 Å². The number of halogens is 2. The van der Waals surface area contributed by atoms with Gasteiger partial charge in [0.05, 0.1) is 11.1 Å². The molecule has 0 saturated heterocycles. The number of rotatable bonds is 5. The van der Waals surface area contributed by atoms with Crippen molar-refractivity contribution >= 4 is 26.0 Å². The standard InChI is InChI=1S/C10H13BrFNO4S/c1-6(5-16-2)17-9-4-8(12)10(3-7(9)11)18(13,14)15/h3-4,6H,5H2,1-2H3,(H2,13,14,15). The van der Waals surface area contributed by atoms with Crippen molar-refractivity contribution in [2.75, 3.05) is 13.7 Å². The van der Waals surface area contributed by atoms with Crippen molar-refractivity contribution in [3.05, 3.63) is 22.4 Å². The molecular formula is C10H13BrFNO4S. The summed E-state index contributed by atoms with van der Waals surface area (Å²) in [5.74, 6) is -0.773. The molecule has 0 radical (unpaired) electrons. The first-order chi connectivity index (χ1) is 8.25. The molecule has 1 rings (SSSR count). The SMILES string of the molecule is COCC(C)Oc1cc(F)c(S(N)(=O)=O)cc1Br. The highest BCUT2D eigenvalue weighted by Crippen LogP contribution is 2.30. The van der Waals surface area contributed by atoms with Crippen LogP contribution in [0.1, 0.15) is 6.92 Å². The van der Waals surface area contributed by atoms with E-state index in [-0.39, 0.29) is 11.9 Å². The fourth-order valence-corrected chi connectivity index (χ4v) is 2.51.